The van der Waals surface area contributed by atoms with Crippen LogP contribution in [0.4, 0.5) is 0 Å². The van der Waals surface area contributed by atoms with Crippen LogP contribution in [0.25, 0.3) is 16.9 Å². The number of benzene rings is 2. The summed E-state index contributed by atoms with van der Waals surface area (Å²) in [6.45, 7) is 2.10. The van der Waals surface area contributed by atoms with E-state index in [1.807, 2.05) is 6.07 Å². The summed E-state index contributed by atoms with van der Waals surface area (Å²) < 4.78 is 17.0. The molecule has 8 nitrogen and oxygen atoms in total. The Morgan fingerprint density at radius 2 is 1.77 bits per heavy atom. The van der Waals surface area contributed by atoms with E-state index in [1.54, 1.807) is 37.3 Å². The number of carbonyl (C=O) groups is 2. The number of phenols is 1. The second-order valence-corrected chi connectivity index (χ2v) is 6.89. The van der Waals surface area contributed by atoms with Gasteiger partial charge in [0.05, 0.1) is 31.0 Å². The molecule has 0 fully saturated rings. The molecule has 2 aromatic carbocycles. The Bertz CT molecular complexity index is 1090. The number of hydrogen-bond acceptors (Lipinski definition) is 7. The predicted octanol–water partition coefficient (Wildman–Crippen LogP) is 3.98. The highest BCUT2D eigenvalue weighted by atomic mass is 79.9. The fourth-order valence-corrected chi connectivity index (χ4v) is 3.37. The molecule has 30 heavy (non-hydrogen) atoms. The summed E-state index contributed by atoms with van der Waals surface area (Å²) in [7, 11) is 2.43. The van der Waals surface area contributed by atoms with Crippen LogP contribution in [0, 0.1) is 0 Å². The molecule has 0 aliphatic carbocycles. The lowest BCUT2D eigenvalue weighted by Crippen LogP contribution is -2.15. The molecule has 1 aromatic heterocycles. The topological polar surface area (TPSA) is 99.9 Å². The van der Waals surface area contributed by atoms with Crippen LogP contribution < -0.4 is 4.74 Å². The van der Waals surface area contributed by atoms with Gasteiger partial charge in [0, 0.05) is 5.56 Å². The minimum Gasteiger partial charge on any atom is -0.503 e. The zero-order valence-electron chi connectivity index (χ0n) is 16.5. The smallest absolute Gasteiger partial charge is 0.357 e. The quantitative estimate of drug-likeness (QED) is 0.539. The van der Waals surface area contributed by atoms with Crippen molar-refractivity contribution in [1.82, 2.24) is 9.78 Å². The number of phenolic OH excluding ortho intramolecular Hbond substituents is 1. The van der Waals surface area contributed by atoms with Gasteiger partial charge in [-0.05, 0) is 47.1 Å². The molecule has 9 heteroatoms. The number of halogens is 1. The molecule has 1 heterocycles. The number of methoxy groups -OCH3 is 2. The largest absolute Gasteiger partial charge is 0.503 e. The molecule has 0 saturated carbocycles. The van der Waals surface area contributed by atoms with E-state index in [-0.39, 0.29) is 28.5 Å². The average molecular weight is 475 g/mol. The lowest BCUT2D eigenvalue weighted by molar-refractivity contribution is 0.0549. The van der Waals surface area contributed by atoms with Crippen LogP contribution in [0.2, 0.25) is 0 Å². The van der Waals surface area contributed by atoms with Crippen LogP contribution in [0.5, 0.6) is 11.5 Å². The van der Waals surface area contributed by atoms with E-state index in [2.05, 4.69) is 21.0 Å². The predicted molar refractivity (Wildman–Crippen MR) is 112 cm³/mol. The van der Waals surface area contributed by atoms with E-state index in [1.165, 1.54) is 25.0 Å². The van der Waals surface area contributed by atoms with Crippen molar-refractivity contribution in [2.75, 3.05) is 20.8 Å². The van der Waals surface area contributed by atoms with Gasteiger partial charge in [0.15, 0.2) is 17.2 Å². The molecular weight excluding hydrogens is 456 g/mol. The molecule has 156 valence electrons. The number of para-hydroxylation sites is 1. The van der Waals surface area contributed by atoms with Crippen LogP contribution in [-0.2, 0) is 9.47 Å². The number of nitrogens with zero attached hydrogens (tertiary/aromatic N) is 2. The van der Waals surface area contributed by atoms with E-state index in [9.17, 15) is 14.7 Å². The molecule has 0 radical (unpaired) electrons. The molecule has 0 saturated heterocycles. The first-order chi connectivity index (χ1) is 14.4. The van der Waals surface area contributed by atoms with E-state index >= 15 is 0 Å². The number of rotatable bonds is 6. The zero-order valence-corrected chi connectivity index (χ0v) is 18.1. The first-order valence-electron chi connectivity index (χ1n) is 8.93. The highest BCUT2D eigenvalue weighted by molar-refractivity contribution is 9.10. The van der Waals surface area contributed by atoms with Gasteiger partial charge in [-0.25, -0.2) is 14.3 Å². The van der Waals surface area contributed by atoms with E-state index in [0.29, 0.717) is 22.3 Å². The molecule has 3 rings (SSSR count). The zero-order chi connectivity index (χ0) is 21.8. The number of aromatic hydroxyl groups is 1. The number of hydrogen-bond donors (Lipinski definition) is 1. The van der Waals surface area contributed by atoms with Crippen molar-refractivity contribution in [2.45, 2.75) is 6.92 Å². The van der Waals surface area contributed by atoms with Crippen molar-refractivity contribution in [3.63, 3.8) is 0 Å². The monoisotopic (exact) mass is 474 g/mol. The summed E-state index contributed by atoms with van der Waals surface area (Å²) in [5, 5.41) is 14.7. The third-order valence-corrected chi connectivity index (χ3v) is 4.86. The van der Waals surface area contributed by atoms with Crippen molar-refractivity contribution < 1.29 is 28.9 Å². The van der Waals surface area contributed by atoms with E-state index in [4.69, 9.17) is 14.2 Å². The second-order valence-electron chi connectivity index (χ2n) is 6.04. The maximum absolute atomic E-state index is 12.7. The summed E-state index contributed by atoms with van der Waals surface area (Å²) in [6, 6.07) is 12.0. The number of aromatic nitrogens is 2. The van der Waals surface area contributed by atoms with Gasteiger partial charge in [0.2, 0.25) is 0 Å². The maximum atomic E-state index is 12.7. The Labute approximate surface area is 181 Å². The van der Waals surface area contributed by atoms with Gasteiger partial charge >= 0.3 is 11.9 Å². The van der Waals surface area contributed by atoms with Crippen LogP contribution in [-0.4, -0.2) is 47.7 Å². The number of carbonyl (C=O) groups excluding carboxylic acids is 2. The Morgan fingerprint density at radius 1 is 1.10 bits per heavy atom. The first kappa shape index (κ1) is 21.4. The van der Waals surface area contributed by atoms with Crippen molar-refractivity contribution in [3.8, 4) is 28.4 Å². The maximum Gasteiger partial charge on any atom is 0.357 e. The lowest BCUT2D eigenvalue weighted by Gasteiger charge is -2.10. The normalized spacial score (nSPS) is 10.5. The van der Waals surface area contributed by atoms with E-state index in [0.717, 1.165) is 0 Å². The van der Waals surface area contributed by atoms with Gasteiger partial charge < -0.3 is 19.3 Å². The van der Waals surface area contributed by atoms with Gasteiger partial charge in [-0.15, -0.1) is 0 Å². The first-order valence-corrected chi connectivity index (χ1v) is 9.72. The Hall–Kier alpha value is -3.33. The molecule has 0 unspecified atom stereocenters. The van der Waals surface area contributed by atoms with Crippen LogP contribution >= 0.6 is 15.9 Å². The van der Waals surface area contributed by atoms with Crippen molar-refractivity contribution in [2.24, 2.45) is 0 Å². The van der Waals surface area contributed by atoms with Gasteiger partial charge in [-0.2, -0.15) is 5.10 Å². The molecule has 0 bridgehead atoms. The van der Waals surface area contributed by atoms with Crippen molar-refractivity contribution >= 4 is 27.9 Å². The Morgan fingerprint density at radius 3 is 2.37 bits per heavy atom. The minimum atomic E-state index is -0.755. The molecule has 0 atom stereocenters. The molecule has 1 N–H and O–H groups in total. The fourth-order valence-electron chi connectivity index (χ4n) is 2.93. The van der Waals surface area contributed by atoms with Crippen LogP contribution in [0.3, 0.4) is 0 Å². The SMILES string of the molecule is CCOc1cc(-c2nn(-c3ccccc3)c(C(=O)OC)c2C(=O)OC)cc(Br)c1O. The highest BCUT2D eigenvalue weighted by Gasteiger charge is 2.31. The van der Waals surface area contributed by atoms with Gasteiger partial charge in [0.1, 0.15) is 11.3 Å². The molecule has 0 spiro atoms. The van der Waals surface area contributed by atoms with Crippen LogP contribution in [0.15, 0.2) is 46.9 Å². The third-order valence-electron chi connectivity index (χ3n) is 4.26. The summed E-state index contributed by atoms with van der Waals surface area (Å²) in [5.41, 5.74) is 1.02. The van der Waals surface area contributed by atoms with Crippen molar-refractivity contribution in [3.05, 3.63) is 58.2 Å². The summed E-state index contributed by atoms with van der Waals surface area (Å²) in [6.07, 6.45) is 0. The highest BCUT2D eigenvalue weighted by Crippen LogP contribution is 2.40. The van der Waals surface area contributed by atoms with Gasteiger partial charge in [-0.1, -0.05) is 18.2 Å². The summed E-state index contributed by atoms with van der Waals surface area (Å²) >= 11 is 3.28. The molecule has 0 aliphatic heterocycles. The van der Waals surface area contributed by atoms with Crippen molar-refractivity contribution in [1.29, 1.82) is 0 Å². The summed E-state index contributed by atoms with van der Waals surface area (Å²) in [5.74, 6) is -1.39. The molecule has 0 aliphatic rings. The number of esters is 2. The third kappa shape index (κ3) is 3.88. The van der Waals surface area contributed by atoms with E-state index < -0.39 is 11.9 Å². The second kappa shape index (κ2) is 9.00. The fraction of sp³-hybridized carbons (Fsp3) is 0.190. The summed E-state index contributed by atoms with van der Waals surface area (Å²) in [4.78, 5) is 25.3. The average Bonchev–Trinajstić information content (AvgIpc) is 3.17. The van der Waals surface area contributed by atoms with Gasteiger partial charge in [-0.3, -0.25) is 0 Å². The minimum absolute atomic E-state index is 0.0618. The molecule has 0 amide bonds. The lowest BCUT2D eigenvalue weighted by atomic mass is 10.0. The van der Waals surface area contributed by atoms with Gasteiger partial charge in [0.25, 0.3) is 0 Å². The molecule has 3 aromatic rings. The Balaban J connectivity index is 2.36. The van der Waals surface area contributed by atoms with Crippen LogP contribution in [0.1, 0.15) is 27.8 Å². The Kier molecular flexibility index (Phi) is 6.41. The number of ether oxygens (including phenoxy) is 3. The molecular formula is C21H19BrN2O6. The standard InChI is InChI=1S/C21H19BrN2O6/c1-4-30-15-11-12(10-14(22)19(15)25)17-16(20(26)28-2)18(21(27)29-3)24(23-17)13-8-6-5-7-9-13/h5-11,25H,4H2,1-3H3.